The molecule has 0 aliphatic heterocycles. The minimum Gasteiger partial charge on any atom is -0.315 e. The summed E-state index contributed by atoms with van der Waals surface area (Å²) in [6.07, 6.45) is 1.98. The summed E-state index contributed by atoms with van der Waals surface area (Å²) in [6.45, 7) is 4.14. The maximum absolute atomic E-state index is 12.7. The third-order valence-electron chi connectivity index (χ3n) is 2.61. The van der Waals surface area contributed by atoms with Crippen molar-refractivity contribution >= 4 is 23.5 Å². The standard InChI is InChI=1S/C13H19FN2OS/c1-9(2)12(18-4)16(3)13(17)15-11-7-5-10(14)6-8-11/h5-9,12H,1-4H3,(H,15,17). The van der Waals surface area contributed by atoms with E-state index in [1.807, 2.05) is 6.26 Å². The van der Waals surface area contributed by atoms with Gasteiger partial charge >= 0.3 is 6.03 Å². The highest BCUT2D eigenvalue weighted by molar-refractivity contribution is 7.99. The van der Waals surface area contributed by atoms with E-state index in [-0.39, 0.29) is 17.2 Å². The molecule has 0 bridgehead atoms. The molecule has 2 amide bonds. The topological polar surface area (TPSA) is 32.3 Å². The molecule has 100 valence electrons. The number of anilines is 1. The zero-order valence-electron chi connectivity index (χ0n) is 11.1. The van der Waals surface area contributed by atoms with E-state index in [9.17, 15) is 9.18 Å². The number of hydrogen-bond acceptors (Lipinski definition) is 2. The van der Waals surface area contributed by atoms with Crippen LogP contribution in [-0.2, 0) is 0 Å². The Morgan fingerprint density at radius 1 is 1.33 bits per heavy atom. The summed E-state index contributed by atoms with van der Waals surface area (Å²) in [4.78, 5) is 13.7. The summed E-state index contributed by atoms with van der Waals surface area (Å²) < 4.78 is 12.7. The number of nitrogens with zero attached hydrogens (tertiary/aromatic N) is 1. The van der Waals surface area contributed by atoms with Crippen LogP contribution in [0.4, 0.5) is 14.9 Å². The maximum atomic E-state index is 12.7. The summed E-state index contributed by atoms with van der Waals surface area (Å²) >= 11 is 1.63. The molecule has 1 aromatic carbocycles. The Labute approximate surface area is 112 Å². The molecule has 1 rings (SSSR count). The van der Waals surface area contributed by atoms with Crippen LogP contribution in [0.25, 0.3) is 0 Å². The number of urea groups is 1. The fraction of sp³-hybridized carbons (Fsp3) is 0.462. The van der Waals surface area contributed by atoms with Crippen molar-refractivity contribution in [3.05, 3.63) is 30.1 Å². The van der Waals surface area contributed by atoms with Gasteiger partial charge in [-0.15, -0.1) is 11.8 Å². The second kappa shape index (κ2) is 6.64. The lowest BCUT2D eigenvalue weighted by Gasteiger charge is -2.29. The smallest absolute Gasteiger partial charge is 0.315 e. The second-order valence-electron chi connectivity index (χ2n) is 4.42. The molecule has 1 unspecified atom stereocenters. The Bertz CT molecular complexity index is 394. The molecule has 0 aromatic heterocycles. The Morgan fingerprint density at radius 2 is 1.89 bits per heavy atom. The number of carbonyl (C=O) groups excluding carboxylic acids is 1. The molecule has 1 aromatic rings. The van der Waals surface area contributed by atoms with Crippen LogP contribution in [0.1, 0.15) is 13.8 Å². The molecule has 0 heterocycles. The van der Waals surface area contributed by atoms with Gasteiger partial charge in [0.05, 0.1) is 5.37 Å². The van der Waals surface area contributed by atoms with E-state index >= 15 is 0 Å². The Kier molecular flexibility index (Phi) is 5.47. The Hall–Kier alpha value is -1.23. The molecule has 0 aliphatic carbocycles. The summed E-state index contributed by atoms with van der Waals surface area (Å²) in [5, 5.41) is 2.86. The van der Waals surface area contributed by atoms with Crippen molar-refractivity contribution in [3.8, 4) is 0 Å². The van der Waals surface area contributed by atoms with Gasteiger partial charge in [-0.25, -0.2) is 9.18 Å². The van der Waals surface area contributed by atoms with E-state index in [1.165, 1.54) is 12.1 Å². The quantitative estimate of drug-likeness (QED) is 0.847. The third kappa shape index (κ3) is 3.91. The van der Waals surface area contributed by atoms with Crippen molar-refractivity contribution in [1.82, 2.24) is 4.90 Å². The van der Waals surface area contributed by atoms with Crippen molar-refractivity contribution in [2.45, 2.75) is 19.2 Å². The van der Waals surface area contributed by atoms with Crippen molar-refractivity contribution < 1.29 is 9.18 Å². The van der Waals surface area contributed by atoms with Gasteiger partial charge in [0.1, 0.15) is 5.82 Å². The first kappa shape index (κ1) is 14.8. The molecule has 18 heavy (non-hydrogen) atoms. The van der Waals surface area contributed by atoms with Crippen LogP contribution in [0.2, 0.25) is 0 Å². The van der Waals surface area contributed by atoms with Gasteiger partial charge in [0.25, 0.3) is 0 Å². The van der Waals surface area contributed by atoms with Crippen LogP contribution in [-0.4, -0.2) is 29.6 Å². The first-order valence-electron chi connectivity index (χ1n) is 5.78. The molecule has 0 saturated carbocycles. The molecule has 1 N–H and O–H groups in total. The highest BCUT2D eigenvalue weighted by atomic mass is 32.2. The molecule has 0 aliphatic rings. The Morgan fingerprint density at radius 3 is 2.33 bits per heavy atom. The van der Waals surface area contributed by atoms with Gasteiger partial charge in [0, 0.05) is 12.7 Å². The first-order chi connectivity index (χ1) is 8.45. The first-order valence-corrected chi connectivity index (χ1v) is 7.06. The largest absolute Gasteiger partial charge is 0.322 e. The minimum absolute atomic E-state index is 0.116. The van der Waals surface area contributed by atoms with Crippen LogP contribution < -0.4 is 5.32 Å². The van der Waals surface area contributed by atoms with Crippen molar-refractivity contribution in [1.29, 1.82) is 0 Å². The highest BCUT2D eigenvalue weighted by Gasteiger charge is 2.21. The van der Waals surface area contributed by atoms with E-state index in [4.69, 9.17) is 0 Å². The fourth-order valence-corrected chi connectivity index (χ4v) is 2.69. The van der Waals surface area contributed by atoms with Gasteiger partial charge in [-0.3, -0.25) is 0 Å². The van der Waals surface area contributed by atoms with Crippen molar-refractivity contribution in [2.75, 3.05) is 18.6 Å². The zero-order chi connectivity index (χ0) is 13.7. The van der Waals surface area contributed by atoms with Gasteiger partial charge in [0.15, 0.2) is 0 Å². The van der Waals surface area contributed by atoms with Crippen molar-refractivity contribution in [2.24, 2.45) is 5.92 Å². The number of halogens is 1. The van der Waals surface area contributed by atoms with Gasteiger partial charge in [-0.1, -0.05) is 13.8 Å². The molecule has 5 heteroatoms. The van der Waals surface area contributed by atoms with Gasteiger partial charge in [-0.05, 0) is 36.4 Å². The lowest BCUT2D eigenvalue weighted by Crippen LogP contribution is -2.40. The molecule has 0 saturated heterocycles. The number of hydrogen-bond donors (Lipinski definition) is 1. The molecule has 0 spiro atoms. The van der Waals surface area contributed by atoms with E-state index in [0.717, 1.165) is 0 Å². The van der Waals surface area contributed by atoms with E-state index in [2.05, 4.69) is 19.2 Å². The summed E-state index contributed by atoms with van der Waals surface area (Å²) in [5.74, 6) is 0.0505. The molecular formula is C13H19FN2OS. The van der Waals surface area contributed by atoms with Gasteiger partial charge in [-0.2, -0.15) is 0 Å². The summed E-state index contributed by atoms with van der Waals surface area (Å²) in [5.41, 5.74) is 0.594. The van der Waals surface area contributed by atoms with Crippen LogP contribution in [0.5, 0.6) is 0 Å². The average molecular weight is 270 g/mol. The van der Waals surface area contributed by atoms with Gasteiger partial charge in [0.2, 0.25) is 0 Å². The Balaban J connectivity index is 2.67. The fourth-order valence-electron chi connectivity index (χ4n) is 1.74. The predicted octanol–water partition coefficient (Wildman–Crippen LogP) is 3.63. The predicted molar refractivity (Wildman–Crippen MR) is 75.3 cm³/mol. The van der Waals surface area contributed by atoms with Crippen LogP contribution in [0, 0.1) is 11.7 Å². The average Bonchev–Trinajstić information content (AvgIpc) is 2.32. The number of benzene rings is 1. The van der Waals surface area contributed by atoms with Crippen molar-refractivity contribution in [3.63, 3.8) is 0 Å². The molecular weight excluding hydrogens is 251 g/mol. The van der Waals surface area contributed by atoms with E-state index in [1.54, 1.807) is 35.8 Å². The SMILES string of the molecule is CSC(C(C)C)N(C)C(=O)Nc1ccc(F)cc1. The minimum atomic E-state index is -0.314. The van der Waals surface area contributed by atoms with Crippen LogP contribution in [0.3, 0.4) is 0 Å². The number of nitrogens with one attached hydrogen (secondary N) is 1. The van der Waals surface area contributed by atoms with E-state index in [0.29, 0.717) is 11.6 Å². The molecule has 0 radical (unpaired) electrons. The molecule has 3 nitrogen and oxygen atoms in total. The lowest BCUT2D eigenvalue weighted by molar-refractivity contribution is 0.211. The number of amides is 2. The number of rotatable bonds is 4. The summed E-state index contributed by atoms with van der Waals surface area (Å²) in [7, 11) is 1.76. The molecule has 0 fully saturated rings. The second-order valence-corrected chi connectivity index (χ2v) is 5.37. The maximum Gasteiger partial charge on any atom is 0.322 e. The monoisotopic (exact) mass is 270 g/mol. The third-order valence-corrected chi connectivity index (χ3v) is 3.95. The zero-order valence-corrected chi connectivity index (χ0v) is 11.9. The highest BCUT2D eigenvalue weighted by Crippen LogP contribution is 2.20. The lowest BCUT2D eigenvalue weighted by atomic mass is 10.2. The normalized spacial score (nSPS) is 12.3. The van der Waals surface area contributed by atoms with Crippen LogP contribution in [0.15, 0.2) is 24.3 Å². The molecule has 1 atom stereocenters. The van der Waals surface area contributed by atoms with E-state index < -0.39 is 0 Å². The van der Waals surface area contributed by atoms with Crippen LogP contribution >= 0.6 is 11.8 Å². The number of thioether (sulfide) groups is 1. The van der Waals surface area contributed by atoms with Gasteiger partial charge < -0.3 is 10.2 Å². The number of carbonyl (C=O) groups is 1. The summed E-state index contributed by atoms with van der Waals surface area (Å²) in [6, 6.07) is 5.55.